The monoisotopic (exact) mass is 395 g/mol. The number of hydrogen-bond acceptors (Lipinski definition) is 4. The van der Waals surface area contributed by atoms with Crippen LogP contribution >= 0.6 is 11.6 Å². The summed E-state index contributed by atoms with van der Waals surface area (Å²) in [6.45, 7) is 4.66. The van der Waals surface area contributed by atoms with E-state index in [2.05, 4.69) is 4.99 Å². The quantitative estimate of drug-likeness (QED) is 0.464. The number of rotatable bonds is 5. The first-order valence-corrected chi connectivity index (χ1v) is 9.25. The highest BCUT2D eigenvalue weighted by molar-refractivity contribution is 6.33. The maximum atomic E-state index is 11.6. The maximum absolute atomic E-state index is 11.6. The molecule has 1 aromatic heterocycles. The number of ether oxygens (including phenoxy) is 1. The smallest absolute Gasteiger partial charge is 0.337 e. The summed E-state index contributed by atoms with van der Waals surface area (Å²) in [6.07, 6.45) is 1.74. The minimum absolute atomic E-state index is 0.339. The summed E-state index contributed by atoms with van der Waals surface area (Å²) in [6, 6.07) is 13.3. The number of carbonyl (C=O) groups excluding carboxylic acids is 1. The van der Waals surface area contributed by atoms with Crippen molar-refractivity contribution in [3.05, 3.63) is 75.6 Å². The normalized spacial score (nSPS) is 11.2. The highest BCUT2D eigenvalue weighted by Gasteiger charge is 2.15. The first-order chi connectivity index (χ1) is 13.4. The number of hydrogen-bond donors (Lipinski definition) is 0. The summed E-state index contributed by atoms with van der Waals surface area (Å²) in [5, 5.41) is 5.36. The van der Waals surface area contributed by atoms with Gasteiger partial charge in [-0.15, -0.1) is 0 Å². The van der Waals surface area contributed by atoms with E-state index in [1.54, 1.807) is 25.4 Å². The van der Waals surface area contributed by atoms with E-state index in [1.165, 1.54) is 7.11 Å². The molecule has 0 amide bonds. The van der Waals surface area contributed by atoms with Crippen molar-refractivity contribution in [3.8, 4) is 11.1 Å². The number of esters is 1. The number of halogens is 1. The molecule has 0 aliphatic carbocycles. The summed E-state index contributed by atoms with van der Waals surface area (Å²) < 4.78 is 6.70. The number of benzene rings is 2. The van der Waals surface area contributed by atoms with E-state index in [9.17, 15) is 4.79 Å². The third-order valence-electron chi connectivity index (χ3n) is 4.65. The van der Waals surface area contributed by atoms with Crippen LogP contribution in [-0.4, -0.2) is 36.1 Å². The Bertz CT molecular complexity index is 1040. The van der Waals surface area contributed by atoms with E-state index in [-0.39, 0.29) is 5.97 Å². The molecule has 0 N–H and O–H groups in total. The lowest BCUT2D eigenvalue weighted by molar-refractivity contribution is 0.0600. The molecule has 0 fully saturated rings. The van der Waals surface area contributed by atoms with E-state index in [0.29, 0.717) is 17.1 Å². The fourth-order valence-electron chi connectivity index (χ4n) is 3.23. The standard InChI is InChI=1S/C22H22ClN3O2/c1-14-21(18-9-10-19(12-24-3)20(23)11-18)15(2)26(25-14)13-16-5-7-17(8-6-16)22(27)28-4/h5-12H,13H2,1-4H3. The molecule has 5 nitrogen and oxygen atoms in total. The van der Waals surface area contributed by atoms with Crippen molar-refractivity contribution >= 4 is 23.8 Å². The topological polar surface area (TPSA) is 56.5 Å². The molecule has 2 aromatic carbocycles. The van der Waals surface area contributed by atoms with Crippen LogP contribution in [0.5, 0.6) is 0 Å². The third-order valence-corrected chi connectivity index (χ3v) is 4.97. The van der Waals surface area contributed by atoms with E-state index in [4.69, 9.17) is 21.4 Å². The largest absolute Gasteiger partial charge is 0.465 e. The molecule has 0 saturated heterocycles. The van der Waals surface area contributed by atoms with Crippen molar-refractivity contribution in [2.24, 2.45) is 4.99 Å². The van der Waals surface area contributed by atoms with Crippen molar-refractivity contribution < 1.29 is 9.53 Å². The summed E-state index contributed by atoms with van der Waals surface area (Å²) >= 11 is 6.40. The molecular formula is C22H22ClN3O2. The molecular weight excluding hydrogens is 374 g/mol. The molecule has 3 aromatic rings. The minimum Gasteiger partial charge on any atom is -0.465 e. The lowest BCUT2D eigenvalue weighted by atomic mass is 10.0. The van der Waals surface area contributed by atoms with E-state index in [0.717, 1.165) is 33.6 Å². The summed E-state index contributed by atoms with van der Waals surface area (Å²) in [5.41, 5.74) is 6.58. The van der Waals surface area contributed by atoms with Gasteiger partial charge in [-0.25, -0.2) is 4.79 Å². The van der Waals surface area contributed by atoms with Gasteiger partial charge in [-0.3, -0.25) is 9.67 Å². The van der Waals surface area contributed by atoms with Crippen LogP contribution in [0.1, 0.15) is 32.9 Å². The molecule has 0 spiro atoms. The number of aryl methyl sites for hydroxylation is 1. The molecule has 0 unspecified atom stereocenters. The molecule has 0 bridgehead atoms. The summed E-state index contributed by atoms with van der Waals surface area (Å²) in [7, 11) is 3.10. The van der Waals surface area contributed by atoms with Gasteiger partial charge in [-0.05, 0) is 43.2 Å². The second kappa shape index (κ2) is 8.40. The molecule has 0 aliphatic rings. The van der Waals surface area contributed by atoms with Gasteiger partial charge in [0.2, 0.25) is 0 Å². The van der Waals surface area contributed by atoms with Crippen molar-refractivity contribution in [2.45, 2.75) is 20.4 Å². The summed E-state index contributed by atoms with van der Waals surface area (Å²) in [4.78, 5) is 15.6. The highest BCUT2D eigenvalue weighted by atomic mass is 35.5. The Hall–Kier alpha value is -2.92. The molecule has 28 heavy (non-hydrogen) atoms. The number of carbonyl (C=O) groups is 1. The van der Waals surface area contributed by atoms with Crippen molar-refractivity contribution in [1.29, 1.82) is 0 Å². The highest BCUT2D eigenvalue weighted by Crippen LogP contribution is 2.30. The fraction of sp³-hybridized carbons (Fsp3) is 0.227. The van der Waals surface area contributed by atoms with Crippen LogP contribution in [0, 0.1) is 13.8 Å². The average Bonchev–Trinajstić information content (AvgIpc) is 2.96. The van der Waals surface area contributed by atoms with E-state index < -0.39 is 0 Å². The Morgan fingerprint density at radius 3 is 2.54 bits per heavy atom. The molecule has 3 rings (SSSR count). The van der Waals surface area contributed by atoms with Crippen molar-refractivity contribution in [1.82, 2.24) is 9.78 Å². The zero-order valence-electron chi connectivity index (χ0n) is 16.4. The average molecular weight is 396 g/mol. The lowest BCUT2D eigenvalue weighted by Crippen LogP contribution is -2.05. The van der Waals surface area contributed by atoms with Crippen LogP contribution in [0.15, 0.2) is 47.5 Å². The van der Waals surface area contributed by atoms with Gasteiger partial charge in [-0.2, -0.15) is 5.10 Å². The Balaban J connectivity index is 1.90. The Labute approximate surface area is 169 Å². The van der Waals surface area contributed by atoms with Crippen LogP contribution < -0.4 is 0 Å². The number of aromatic nitrogens is 2. The van der Waals surface area contributed by atoms with Gasteiger partial charge in [-0.1, -0.05) is 35.9 Å². The minimum atomic E-state index is -0.339. The molecule has 144 valence electrons. The Morgan fingerprint density at radius 2 is 1.93 bits per heavy atom. The number of aliphatic imine (C=N–C) groups is 1. The zero-order valence-corrected chi connectivity index (χ0v) is 17.1. The lowest BCUT2D eigenvalue weighted by Gasteiger charge is -2.08. The SMILES string of the molecule is CN=Cc1ccc(-c2c(C)nn(Cc3ccc(C(=O)OC)cc3)c2C)cc1Cl. The Kier molecular flexibility index (Phi) is 5.95. The predicted molar refractivity (Wildman–Crippen MR) is 113 cm³/mol. The molecule has 0 saturated carbocycles. The first kappa shape index (κ1) is 19.8. The van der Waals surface area contributed by atoms with Gasteiger partial charge in [0.15, 0.2) is 0 Å². The van der Waals surface area contributed by atoms with Gasteiger partial charge >= 0.3 is 5.97 Å². The summed E-state index contributed by atoms with van der Waals surface area (Å²) in [5.74, 6) is -0.339. The molecule has 0 atom stereocenters. The molecule has 6 heteroatoms. The van der Waals surface area contributed by atoms with Crippen LogP contribution in [-0.2, 0) is 11.3 Å². The van der Waals surface area contributed by atoms with Gasteiger partial charge in [0, 0.05) is 35.1 Å². The molecule has 1 heterocycles. The predicted octanol–water partition coefficient (Wildman–Crippen LogP) is 4.70. The second-order valence-electron chi connectivity index (χ2n) is 6.52. The zero-order chi connectivity index (χ0) is 20.3. The Morgan fingerprint density at radius 1 is 1.21 bits per heavy atom. The van der Waals surface area contributed by atoms with Gasteiger partial charge in [0.05, 0.1) is 24.9 Å². The van der Waals surface area contributed by atoms with Crippen LogP contribution in [0.4, 0.5) is 0 Å². The number of methoxy groups -OCH3 is 1. The third kappa shape index (κ3) is 3.99. The molecule has 0 aliphatic heterocycles. The first-order valence-electron chi connectivity index (χ1n) is 8.88. The second-order valence-corrected chi connectivity index (χ2v) is 6.92. The van der Waals surface area contributed by atoms with Crippen LogP contribution in [0.2, 0.25) is 5.02 Å². The van der Waals surface area contributed by atoms with E-state index in [1.807, 2.05) is 48.9 Å². The van der Waals surface area contributed by atoms with Crippen LogP contribution in [0.25, 0.3) is 11.1 Å². The fourth-order valence-corrected chi connectivity index (χ4v) is 3.46. The molecule has 0 radical (unpaired) electrons. The van der Waals surface area contributed by atoms with Gasteiger partial charge in [0.25, 0.3) is 0 Å². The van der Waals surface area contributed by atoms with Gasteiger partial charge < -0.3 is 4.74 Å². The van der Waals surface area contributed by atoms with E-state index >= 15 is 0 Å². The van der Waals surface area contributed by atoms with Crippen molar-refractivity contribution in [2.75, 3.05) is 14.2 Å². The van der Waals surface area contributed by atoms with Crippen molar-refractivity contribution in [3.63, 3.8) is 0 Å². The maximum Gasteiger partial charge on any atom is 0.337 e. The van der Waals surface area contributed by atoms with Crippen LogP contribution in [0.3, 0.4) is 0 Å². The van der Waals surface area contributed by atoms with Gasteiger partial charge in [0.1, 0.15) is 0 Å². The number of nitrogens with zero attached hydrogens (tertiary/aromatic N) is 3.